The van der Waals surface area contributed by atoms with E-state index >= 15 is 0 Å². The van der Waals surface area contributed by atoms with Crippen molar-refractivity contribution in [1.29, 1.82) is 0 Å². The van der Waals surface area contributed by atoms with E-state index in [4.69, 9.17) is 14.0 Å². The predicted octanol–water partition coefficient (Wildman–Crippen LogP) is 2.73. The Labute approximate surface area is 183 Å². The number of ether oxygens (including phenoxy) is 2. The Balaban J connectivity index is 1.68. The standard InChI is InChI=1S/C23H22N4O5/c1-14-7-5-8-15(2)19(14)27-12-11-26(22(28)23(27)29)13-18-24-21(25-32-18)16-9-6-10-17(30-3)20(16)31-4/h5-12H,13H2,1-4H3. The fraction of sp³-hybridized carbons (Fsp3) is 0.217. The maximum absolute atomic E-state index is 12.8. The summed E-state index contributed by atoms with van der Waals surface area (Å²) in [7, 11) is 3.06. The molecule has 0 unspecified atom stereocenters. The molecule has 32 heavy (non-hydrogen) atoms. The molecular formula is C23H22N4O5. The molecule has 0 aliphatic rings. The summed E-state index contributed by atoms with van der Waals surface area (Å²) in [4.78, 5) is 29.9. The summed E-state index contributed by atoms with van der Waals surface area (Å²) >= 11 is 0. The highest BCUT2D eigenvalue weighted by molar-refractivity contribution is 5.68. The molecule has 0 fully saturated rings. The van der Waals surface area contributed by atoms with E-state index in [1.807, 2.05) is 32.0 Å². The van der Waals surface area contributed by atoms with Crippen molar-refractivity contribution in [3.05, 3.63) is 86.5 Å². The molecule has 0 saturated carbocycles. The number of hydrogen-bond acceptors (Lipinski definition) is 7. The van der Waals surface area contributed by atoms with Gasteiger partial charge in [0.1, 0.15) is 6.54 Å². The van der Waals surface area contributed by atoms with Crippen molar-refractivity contribution in [3.63, 3.8) is 0 Å². The van der Waals surface area contributed by atoms with Crippen LogP contribution in [0.15, 0.2) is 62.9 Å². The van der Waals surface area contributed by atoms with Crippen LogP contribution in [-0.4, -0.2) is 33.5 Å². The number of benzene rings is 2. The molecule has 0 aliphatic carbocycles. The van der Waals surface area contributed by atoms with Crippen molar-refractivity contribution in [2.24, 2.45) is 0 Å². The summed E-state index contributed by atoms with van der Waals surface area (Å²) in [6.07, 6.45) is 3.10. The van der Waals surface area contributed by atoms with Gasteiger partial charge in [-0.3, -0.25) is 18.7 Å². The fourth-order valence-electron chi connectivity index (χ4n) is 3.63. The van der Waals surface area contributed by atoms with Gasteiger partial charge in [0, 0.05) is 12.4 Å². The third-order valence-electron chi connectivity index (χ3n) is 5.16. The van der Waals surface area contributed by atoms with Crippen LogP contribution >= 0.6 is 0 Å². The molecule has 0 N–H and O–H groups in total. The minimum absolute atomic E-state index is 0.0407. The van der Waals surface area contributed by atoms with E-state index < -0.39 is 11.1 Å². The molecule has 2 heterocycles. The molecule has 0 radical (unpaired) electrons. The lowest BCUT2D eigenvalue weighted by Gasteiger charge is -2.13. The zero-order valence-corrected chi connectivity index (χ0v) is 18.2. The lowest BCUT2D eigenvalue weighted by Crippen LogP contribution is -2.40. The van der Waals surface area contributed by atoms with Crippen molar-refractivity contribution in [3.8, 4) is 28.6 Å². The Morgan fingerprint density at radius 2 is 1.66 bits per heavy atom. The summed E-state index contributed by atoms with van der Waals surface area (Å²) < 4.78 is 18.6. The van der Waals surface area contributed by atoms with Crippen molar-refractivity contribution in [2.75, 3.05) is 14.2 Å². The molecule has 0 bridgehead atoms. The third kappa shape index (κ3) is 3.68. The van der Waals surface area contributed by atoms with Gasteiger partial charge in [-0.1, -0.05) is 29.4 Å². The number of para-hydroxylation sites is 2. The maximum atomic E-state index is 12.8. The Hall–Kier alpha value is -4.14. The van der Waals surface area contributed by atoms with Crippen LogP contribution in [0, 0.1) is 13.8 Å². The Kier molecular flexibility index (Phi) is 5.63. The van der Waals surface area contributed by atoms with Gasteiger partial charge in [-0.15, -0.1) is 0 Å². The van der Waals surface area contributed by atoms with Gasteiger partial charge in [0.15, 0.2) is 11.5 Å². The highest BCUT2D eigenvalue weighted by Gasteiger charge is 2.18. The third-order valence-corrected chi connectivity index (χ3v) is 5.16. The Bertz CT molecular complexity index is 1380. The first kappa shape index (κ1) is 21.1. The number of rotatable bonds is 6. The van der Waals surface area contributed by atoms with Crippen molar-refractivity contribution >= 4 is 0 Å². The number of aryl methyl sites for hydroxylation is 2. The molecule has 0 aliphatic heterocycles. The van der Waals surface area contributed by atoms with Crippen LogP contribution in [0.25, 0.3) is 17.1 Å². The van der Waals surface area contributed by atoms with E-state index in [0.717, 1.165) is 11.1 Å². The van der Waals surface area contributed by atoms with E-state index in [1.54, 1.807) is 24.4 Å². The molecule has 0 spiro atoms. The molecule has 9 nitrogen and oxygen atoms in total. The summed E-state index contributed by atoms with van der Waals surface area (Å²) in [5.74, 6) is 1.46. The van der Waals surface area contributed by atoms with Gasteiger partial charge in [0.25, 0.3) is 0 Å². The maximum Gasteiger partial charge on any atom is 0.321 e. The van der Waals surface area contributed by atoms with Gasteiger partial charge in [-0.05, 0) is 37.1 Å². The molecule has 4 rings (SSSR count). The molecule has 164 valence electrons. The van der Waals surface area contributed by atoms with E-state index in [-0.39, 0.29) is 18.3 Å². The number of nitrogens with zero attached hydrogens (tertiary/aromatic N) is 4. The van der Waals surface area contributed by atoms with Crippen molar-refractivity contribution < 1.29 is 14.0 Å². The highest BCUT2D eigenvalue weighted by atomic mass is 16.5. The van der Waals surface area contributed by atoms with Gasteiger partial charge in [-0.2, -0.15) is 4.98 Å². The first-order valence-electron chi connectivity index (χ1n) is 9.87. The van der Waals surface area contributed by atoms with Crippen molar-refractivity contribution in [1.82, 2.24) is 19.3 Å². The van der Waals surface area contributed by atoms with E-state index in [2.05, 4.69) is 10.1 Å². The molecule has 9 heteroatoms. The lowest BCUT2D eigenvalue weighted by molar-refractivity contribution is 0.354. The second-order valence-electron chi connectivity index (χ2n) is 7.20. The van der Waals surface area contributed by atoms with E-state index in [0.29, 0.717) is 22.7 Å². The monoisotopic (exact) mass is 434 g/mol. The van der Waals surface area contributed by atoms with Crippen LogP contribution in [0.3, 0.4) is 0 Å². The second-order valence-corrected chi connectivity index (χ2v) is 7.20. The minimum atomic E-state index is -0.686. The largest absolute Gasteiger partial charge is 0.493 e. The second kappa shape index (κ2) is 8.54. The van der Waals surface area contributed by atoms with E-state index in [9.17, 15) is 9.59 Å². The average Bonchev–Trinajstić information content (AvgIpc) is 3.26. The number of methoxy groups -OCH3 is 2. The molecule has 2 aromatic carbocycles. The van der Waals surface area contributed by atoms with Gasteiger partial charge < -0.3 is 14.0 Å². The SMILES string of the molecule is COc1cccc(-c2noc(Cn3ccn(-c4c(C)cccc4C)c(=O)c3=O)n2)c1OC. The Morgan fingerprint density at radius 3 is 2.34 bits per heavy atom. The summed E-state index contributed by atoms with van der Waals surface area (Å²) in [5, 5.41) is 3.99. The van der Waals surface area contributed by atoms with Gasteiger partial charge >= 0.3 is 11.1 Å². The van der Waals surface area contributed by atoms with Crippen LogP contribution in [0.5, 0.6) is 11.5 Å². The first-order valence-corrected chi connectivity index (χ1v) is 9.87. The Morgan fingerprint density at radius 1 is 0.938 bits per heavy atom. The van der Waals surface area contributed by atoms with Gasteiger partial charge in [0.2, 0.25) is 11.7 Å². The predicted molar refractivity (Wildman–Crippen MR) is 118 cm³/mol. The first-order chi connectivity index (χ1) is 15.4. The molecule has 2 aromatic heterocycles. The van der Waals surface area contributed by atoms with Crippen LogP contribution < -0.4 is 20.6 Å². The number of hydrogen-bond donors (Lipinski definition) is 0. The normalized spacial score (nSPS) is 10.9. The quantitative estimate of drug-likeness (QED) is 0.430. The molecule has 0 saturated heterocycles. The highest BCUT2D eigenvalue weighted by Crippen LogP contribution is 2.36. The van der Waals surface area contributed by atoms with Crippen LogP contribution in [0.1, 0.15) is 17.0 Å². The zero-order valence-electron chi connectivity index (χ0n) is 18.2. The van der Waals surface area contributed by atoms with Crippen LogP contribution in [-0.2, 0) is 6.54 Å². The fourth-order valence-corrected chi connectivity index (χ4v) is 3.63. The average molecular weight is 434 g/mol. The molecule has 0 atom stereocenters. The zero-order chi connectivity index (χ0) is 22.8. The molecule has 0 amide bonds. The summed E-state index contributed by atoms with van der Waals surface area (Å²) in [5.41, 5.74) is 1.75. The van der Waals surface area contributed by atoms with Crippen LogP contribution in [0.2, 0.25) is 0 Å². The number of aromatic nitrogens is 4. The lowest BCUT2D eigenvalue weighted by atomic mass is 10.1. The van der Waals surface area contributed by atoms with Gasteiger partial charge in [0.05, 0.1) is 25.5 Å². The minimum Gasteiger partial charge on any atom is -0.493 e. The summed E-state index contributed by atoms with van der Waals surface area (Å²) in [6, 6.07) is 11.0. The van der Waals surface area contributed by atoms with Crippen LogP contribution in [0.4, 0.5) is 0 Å². The smallest absolute Gasteiger partial charge is 0.321 e. The molecule has 4 aromatic rings. The topological polar surface area (TPSA) is 101 Å². The molecular weight excluding hydrogens is 412 g/mol. The van der Waals surface area contributed by atoms with Gasteiger partial charge in [-0.25, -0.2) is 0 Å². The summed E-state index contributed by atoms with van der Waals surface area (Å²) in [6.45, 7) is 3.75. The van der Waals surface area contributed by atoms with E-state index in [1.165, 1.54) is 29.6 Å². The van der Waals surface area contributed by atoms with Crippen molar-refractivity contribution in [2.45, 2.75) is 20.4 Å².